The van der Waals surface area contributed by atoms with Crippen molar-refractivity contribution in [2.45, 2.75) is 45.1 Å². The predicted octanol–water partition coefficient (Wildman–Crippen LogP) is 5.61. The van der Waals surface area contributed by atoms with E-state index in [1.165, 1.54) is 4.90 Å². The van der Waals surface area contributed by atoms with Gasteiger partial charge in [-0.2, -0.15) is 4.98 Å². The molecule has 2 aromatic carbocycles. The summed E-state index contributed by atoms with van der Waals surface area (Å²) in [6.07, 6.45) is 3.65. The van der Waals surface area contributed by atoms with Crippen LogP contribution >= 0.6 is 0 Å². The molecule has 0 fully saturated rings. The van der Waals surface area contributed by atoms with E-state index in [9.17, 15) is 19.2 Å². The molecule has 0 radical (unpaired) electrons. The predicted molar refractivity (Wildman–Crippen MR) is 167 cm³/mol. The van der Waals surface area contributed by atoms with Crippen molar-refractivity contribution in [3.8, 4) is 0 Å². The maximum atomic E-state index is 13.5. The Bertz CT molecular complexity index is 1550. The summed E-state index contributed by atoms with van der Waals surface area (Å²) in [6, 6.07) is 24.3. The number of carbonyl (C=O) groups is 4. The molecule has 11 nitrogen and oxygen atoms in total. The number of amides is 4. The minimum atomic E-state index is -0.720. The minimum Gasteiger partial charge on any atom is -0.445 e. The Balaban J connectivity index is 1.34. The molecule has 11 heteroatoms. The van der Waals surface area contributed by atoms with Crippen molar-refractivity contribution in [3.63, 3.8) is 0 Å². The molecule has 0 aliphatic heterocycles. The van der Waals surface area contributed by atoms with Crippen LogP contribution in [0, 0.1) is 0 Å². The molecule has 1 N–H and O–H groups in total. The van der Waals surface area contributed by atoms with Gasteiger partial charge < -0.3 is 14.5 Å². The van der Waals surface area contributed by atoms with Gasteiger partial charge in [0.25, 0.3) is 11.8 Å². The van der Waals surface area contributed by atoms with Gasteiger partial charge in [-0.15, -0.1) is 0 Å². The normalized spacial score (nSPS) is 11.3. The van der Waals surface area contributed by atoms with Crippen LogP contribution in [0.4, 0.5) is 10.6 Å². The fraction of sp³-hybridized carbons (Fsp3) is 0.294. The van der Waals surface area contributed by atoms with Crippen molar-refractivity contribution < 1.29 is 28.3 Å². The van der Waals surface area contributed by atoms with Crippen LogP contribution in [0.1, 0.15) is 70.8 Å². The molecular weight excluding hydrogens is 574 g/mol. The highest BCUT2D eigenvalue weighted by Crippen LogP contribution is 2.21. The number of imide groups is 1. The molecule has 0 saturated carbocycles. The molecule has 2 heterocycles. The lowest BCUT2D eigenvalue weighted by Crippen LogP contribution is -2.38. The number of unbranched alkanes of at least 4 members (excludes halogenated alkanes) is 1. The fourth-order valence-corrected chi connectivity index (χ4v) is 4.52. The monoisotopic (exact) mass is 611 g/mol. The van der Waals surface area contributed by atoms with Crippen LogP contribution in [0.5, 0.6) is 0 Å². The third-order valence-corrected chi connectivity index (χ3v) is 7.20. The minimum absolute atomic E-state index is 0.0705. The maximum Gasteiger partial charge on any atom is 0.407 e. The first kappa shape index (κ1) is 32.6. The molecule has 2 aromatic heterocycles. The smallest absolute Gasteiger partial charge is 0.407 e. The lowest BCUT2D eigenvalue weighted by atomic mass is 9.97. The van der Waals surface area contributed by atoms with Crippen molar-refractivity contribution in [3.05, 3.63) is 114 Å². The number of hydrogen-bond acceptors (Lipinski definition) is 8. The van der Waals surface area contributed by atoms with Crippen LogP contribution < -0.4 is 10.2 Å². The van der Waals surface area contributed by atoms with Gasteiger partial charge in [-0.1, -0.05) is 73.7 Å². The summed E-state index contributed by atoms with van der Waals surface area (Å²) < 4.78 is 10.6. The molecule has 1 atom stereocenters. The summed E-state index contributed by atoms with van der Waals surface area (Å²) >= 11 is 0. The summed E-state index contributed by atoms with van der Waals surface area (Å²) in [5, 5.41) is 2.68. The summed E-state index contributed by atoms with van der Waals surface area (Å²) in [6.45, 7) is 2.64. The first-order valence-corrected chi connectivity index (χ1v) is 14.8. The lowest BCUT2D eigenvalue weighted by Gasteiger charge is -2.22. The highest BCUT2D eigenvalue weighted by atomic mass is 16.5. The number of rotatable bonds is 14. The largest absolute Gasteiger partial charge is 0.445 e. The van der Waals surface area contributed by atoms with Gasteiger partial charge >= 0.3 is 12.0 Å². The molecular formula is C34H37N5O6. The Morgan fingerprint density at radius 3 is 2.33 bits per heavy atom. The van der Waals surface area contributed by atoms with Crippen LogP contribution in [0.15, 0.2) is 95.7 Å². The molecule has 0 bridgehead atoms. The molecule has 0 spiro atoms. The Morgan fingerprint density at radius 2 is 1.62 bits per heavy atom. The summed E-state index contributed by atoms with van der Waals surface area (Å²) in [7, 11) is 1.54. The van der Waals surface area contributed by atoms with Crippen LogP contribution in [-0.2, 0) is 16.1 Å². The third-order valence-electron chi connectivity index (χ3n) is 7.20. The zero-order valence-electron chi connectivity index (χ0n) is 25.4. The number of hydrogen-bond donors (Lipinski definition) is 1. The van der Waals surface area contributed by atoms with Crippen molar-refractivity contribution in [1.82, 2.24) is 20.2 Å². The SMILES string of the molecule is CC(CCN(C(=O)CCCCNC(=O)OCc1ccccc1)C(=O)c1nc(C(=O)N(C)c2ccccn2)co1)c1ccccc1. The maximum absolute atomic E-state index is 13.5. The Hall–Kier alpha value is -5.32. The van der Waals surface area contributed by atoms with E-state index >= 15 is 0 Å². The number of alkyl carbamates (subject to hydrolysis) is 1. The van der Waals surface area contributed by atoms with Crippen LogP contribution in [0.25, 0.3) is 0 Å². The molecule has 4 aromatic rings. The highest BCUT2D eigenvalue weighted by Gasteiger charge is 2.29. The second-order valence-corrected chi connectivity index (χ2v) is 10.5. The highest BCUT2D eigenvalue weighted by molar-refractivity contribution is 6.06. The molecule has 4 amide bonds. The number of nitrogens with zero attached hydrogens (tertiary/aromatic N) is 4. The molecule has 1 unspecified atom stereocenters. The molecule has 0 aliphatic carbocycles. The number of carbonyl (C=O) groups excluding carboxylic acids is 4. The molecule has 0 saturated heterocycles. The zero-order valence-corrected chi connectivity index (χ0v) is 25.4. The van der Waals surface area contributed by atoms with Crippen LogP contribution in [0.2, 0.25) is 0 Å². The van der Waals surface area contributed by atoms with Gasteiger partial charge in [0.2, 0.25) is 5.91 Å². The van der Waals surface area contributed by atoms with E-state index in [1.807, 2.05) is 67.6 Å². The number of anilines is 1. The van der Waals surface area contributed by atoms with E-state index in [4.69, 9.17) is 9.15 Å². The number of ether oxygens (including phenoxy) is 1. The number of aromatic nitrogens is 2. The average Bonchev–Trinajstić information content (AvgIpc) is 3.58. The summed E-state index contributed by atoms with van der Waals surface area (Å²) in [5.74, 6) is -1.50. The zero-order chi connectivity index (χ0) is 32.0. The van der Waals surface area contributed by atoms with E-state index in [-0.39, 0.29) is 37.1 Å². The van der Waals surface area contributed by atoms with Gasteiger partial charge in [0.15, 0.2) is 5.69 Å². The van der Waals surface area contributed by atoms with E-state index in [0.29, 0.717) is 31.6 Å². The van der Waals surface area contributed by atoms with E-state index in [2.05, 4.69) is 15.3 Å². The van der Waals surface area contributed by atoms with Crippen molar-refractivity contribution in [2.75, 3.05) is 25.0 Å². The van der Waals surface area contributed by atoms with Crippen molar-refractivity contribution in [2.24, 2.45) is 0 Å². The first-order chi connectivity index (χ1) is 21.8. The Labute approximate surface area is 262 Å². The quantitative estimate of drug-likeness (QED) is 0.182. The van der Waals surface area contributed by atoms with Gasteiger partial charge in [-0.3, -0.25) is 24.2 Å². The number of pyridine rings is 1. The van der Waals surface area contributed by atoms with Gasteiger partial charge in [-0.05, 0) is 48.4 Å². The van der Waals surface area contributed by atoms with Gasteiger partial charge in [-0.25, -0.2) is 9.78 Å². The third kappa shape index (κ3) is 9.59. The molecule has 0 aliphatic rings. The standard InChI is InChI=1S/C34H37N5O6/c1-25(27-15-7-4-8-16-27)19-22-39(30(40)18-10-12-21-36-34(43)45-23-26-13-5-3-6-14-26)33(42)31-37-28(24-44-31)32(41)38(2)29-17-9-11-20-35-29/h3-9,11,13-17,20,24-25H,10,12,18-19,21-23H2,1-2H3,(H,36,43). The van der Waals surface area contributed by atoms with Gasteiger partial charge in [0.05, 0.1) is 0 Å². The fourth-order valence-electron chi connectivity index (χ4n) is 4.52. The van der Waals surface area contributed by atoms with E-state index in [0.717, 1.165) is 22.3 Å². The van der Waals surface area contributed by atoms with E-state index < -0.39 is 23.8 Å². The first-order valence-electron chi connectivity index (χ1n) is 14.8. The topological polar surface area (TPSA) is 135 Å². The molecule has 45 heavy (non-hydrogen) atoms. The van der Waals surface area contributed by atoms with Crippen LogP contribution in [-0.4, -0.2) is 58.8 Å². The molecule has 4 rings (SSSR count). The summed E-state index contributed by atoms with van der Waals surface area (Å²) in [4.78, 5) is 62.5. The Kier molecular flexibility index (Phi) is 12.0. The number of oxazole rings is 1. The van der Waals surface area contributed by atoms with Gasteiger partial charge in [0, 0.05) is 32.8 Å². The summed E-state index contributed by atoms with van der Waals surface area (Å²) in [5.41, 5.74) is 1.89. The lowest BCUT2D eigenvalue weighted by molar-refractivity contribution is -0.128. The number of benzene rings is 2. The molecule has 234 valence electrons. The van der Waals surface area contributed by atoms with Crippen molar-refractivity contribution >= 4 is 29.6 Å². The number of nitrogens with one attached hydrogen (secondary N) is 1. The average molecular weight is 612 g/mol. The second-order valence-electron chi connectivity index (χ2n) is 10.5. The van der Waals surface area contributed by atoms with Crippen LogP contribution in [0.3, 0.4) is 0 Å². The van der Waals surface area contributed by atoms with Crippen molar-refractivity contribution in [1.29, 1.82) is 0 Å². The Morgan fingerprint density at radius 1 is 0.911 bits per heavy atom. The second kappa shape index (κ2) is 16.5. The van der Waals surface area contributed by atoms with E-state index in [1.54, 1.807) is 31.4 Å². The van der Waals surface area contributed by atoms with Gasteiger partial charge in [0.1, 0.15) is 18.7 Å².